The number of H-pyrrole nitrogens is 1. The molecule has 0 aromatic carbocycles. The van der Waals surface area contributed by atoms with Crippen molar-refractivity contribution >= 4 is 10.0 Å². The first-order chi connectivity index (χ1) is 9.52. The van der Waals surface area contributed by atoms with Crippen LogP contribution in [0.15, 0.2) is 6.33 Å². The van der Waals surface area contributed by atoms with E-state index in [0.29, 0.717) is 19.1 Å². The Kier molecular flexibility index (Phi) is 3.80. The van der Waals surface area contributed by atoms with Gasteiger partial charge in [0.2, 0.25) is 10.0 Å². The Morgan fingerprint density at radius 2 is 2.10 bits per heavy atom. The minimum absolute atomic E-state index is 0.399. The lowest BCUT2D eigenvalue weighted by molar-refractivity contribution is 0.169. The Balaban J connectivity index is 1.51. The zero-order valence-corrected chi connectivity index (χ0v) is 12.5. The molecule has 1 unspecified atom stereocenters. The van der Waals surface area contributed by atoms with Crippen LogP contribution in [0.4, 0.5) is 0 Å². The third kappa shape index (κ3) is 3.03. The molecule has 1 fully saturated rings. The van der Waals surface area contributed by atoms with E-state index in [2.05, 4.69) is 20.2 Å². The highest BCUT2D eigenvalue weighted by atomic mass is 32.2. The van der Waals surface area contributed by atoms with Crippen molar-refractivity contribution in [1.29, 1.82) is 0 Å². The van der Waals surface area contributed by atoms with Crippen LogP contribution in [0.3, 0.4) is 0 Å². The Labute approximate surface area is 119 Å². The van der Waals surface area contributed by atoms with Gasteiger partial charge in [0, 0.05) is 51.7 Å². The normalized spacial score (nSPS) is 25.6. The predicted octanol–water partition coefficient (Wildman–Crippen LogP) is -0.999. The molecule has 3 rings (SSSR count). The Morgan fingerprint density at radius 3 is 2.80 bits per heavy atom. The quantitative estimate of drug-likeness (QED) is 0.748. The average molecular weight is 299 g/mol. The molecule has 0 spiro atoms. The number of nitrogens with one attached hydrogen (secondary N) is 2. The van der Waals surface area contributed by atoms with Gasteiger partial charge in [-0.3, -0.25) is 4.90 Å². The van der Waals surface area contributed by atoms with Crippen LogP contribution in [-0.2, 0) is 23.0 Å². The van der Waals surface area contributed by atoms with Gasteiger partial charge in [-0.2, -0.15) is 4.31 Å². The maximum Gasteiger partial charge on any atom is 0.211 e. The number of rotatable bonds is 3. The highest BCUT2D eigenvalue weighted by molar-refractivity contribution is 7.88. The molecule has 2 aliphatic heterocycles. The van der Waals surface area contributed by atoms with Crippen molar-refractivity contribution in [3.63, 3.8) is 0 Å². The molecule has 7 nitrogen and oxygen atoms in total. The molecule has 1 aromatic rings. The van der Waals surface area contributed by atoms with Crippen molar-refractivity contribution in [2.45, 2.75) is 19.0 Å². The van der Waals surface area contributed by atoms with Crippen LogP contribution in [0.2, 0.25) is 0 Å². The minimum Gasteiger partial charge on any atom is -0.347 e. The van der Waals surface area contributed by atoms with E-state index in [0.717, 1.165) is 38.3 Å². The largest absolute Gasteiger partial charge is 0.347 e. The number of imidazole rings is 1. The standard InChI is InChI=1S/C12H21N5O2S/c1-20(18,19)17-4-2-16(3-5-17)8-10-6-11-12(7-13-10)15-9-14-11/h9-10,13H,2-8H2,1H3,(H,14,15). The topological polar surface area (TPSA) is 81.3 Å². The monoisotopic (exact) mass is 299 g/mol. The number of sulfonamides is 1. The lowest BCUT2D eigenvalue weighted by Crippen LogP contribution is -2.52. The summed E-state index contributed by atoms with van der Waals surface area (Å²) in [5.41, 5.74) is 2.34. The van der Waals surface area contributed by atoms with Crippen molar-refractivity contribution in [3.8, 4) is 0 Å². The highest BCUT2D eigenvalue weighted by Gasteiger charge is 2.26. The van der Waals surface area contributed by atoms with Crippen molar-refractivity contribution in [1.82, 2.24) is 24.5 Å². The molecule has 1 atom stereocenters. The molecule has 1 saturated heterocycles. The number of hydrogen-bond acceptors (Lipinski definition) is 5. The predicted molar refractivity (Wildman–Crippen MR) is 75.8 cm³/mol. The summed E-state index contributed by atoms with van der Waals surface area (Å²) in [6.07, 6.45) is 3.97. The number of piperazine rings is 1. The lowest BCUT2D eigenvalue weighted by atomic mass is 10.0. The van der Waals surface area contributed by atoms with Gasteiger partial charge >= 0.3 is 0 Å². The second-order valence-corrected chi connectivity index (χ2v) is 7.55. The van der Waals surface area contributed by atoms with Crippen molar-refractivity contribution in [2.24, 2.45) is 0 Å². The number of fused-ring (bicyclic) bond motifs is 1. The van der Waals surface area contributed by atoms with Gasteiger partial charge in [0.25, 0.3) is 0 Å². The SMILES string of the molecule is CS(=O)(=O)N1CCN(CC2Cc3nc[nH]c3CN2)CC1. The molecule has 8 heteroatoms. The second-order valence-electron chi connectivity index (χ2n) is 5.57. The number of aromatic nitrogens is 2. The van der Waals surface area contributed by atoms with Gasteiger partial charge in [0.15, 0.2) is 0 Å². The second kappa shape index (κ2) is 5.44. The Morgan fingerprint density at radius 1 is 1.35 bits per heavy atom. The van der Waals surface area contributed by atoms with E-state index in [4.69, 9.17) is 0 Å². The molecule has 0 radical (unpaired) electrons. The average Bonchev–Trinajstić information content (AvgIpc) is 2.86. The lowest BCUT2D eigenvalue weighted by Gasteiger charge is -2.36. The maximum absolute atomic E-state index is 11.5. The van der Waals surface area contributed by atoms with Gasteiger partial charge in [-0.15, -0.1) is 0 Å². The fourth-order valence-corrected chi connectivity index (χ4v) is 3.74. The van der Waals surface area contributed by atoms with Gasteiger partial charge in [-0.05, 0) is 0 Å². The van der Waals surface area contributed by atoms with Crippen LogP contribution in [0.1, 0.15) is 11.4 Å². The van der Waals surface area contributed by atoms with Crippen LogP contribution in [-0.4, -0.2) is 72.6 Å². The van der Waals surface area contributed by atoms with Crippen LogP contribution in [0, 0.1) is 0 Å². The number of hydrogen-bond donors (Lipinski definition) is 2. The molecular formula is C12H21N5O2S. The fourth-order valence-electron chi connectivity index (χ4n) is 2.91. The van der Waals surface area contributed by atoms with Crippen molar-refractivity contribution < 1.29 is 8.42 Å². The number of aromatic amines is 1. The van der Waals surface area contributed by atoms with Crippen molar-refractivity contribution in [3.05, 3.63) is 17.7 Å². The molecule has 0 saturated carbocycles. The van der Waals surface area contributed by atoms with E-state index in [-0.39, 0.29) is 0 Å². The number of nitrogens with zero attached hydrogens (tertiary/aromatic N) is 3. The molecule has 3 heterocycles. The van der Waals surface area contributed by atoms with E-state index in [1.54, 1.807) is 10.6 Å². The first-order valence-corrected chi connectivity index (χ1v) is 8.79. The molecule has 2 N–H and O–H groups in total. The zero-order chi connectivity index (χ0) is 14.2. The van der Waals surface area contributed by atoms with Gasteiger partial charge < -0.3 is 10.3 Å². The van der Waals surface area contributed by atoms with Gasteiger partial charge in [-0.1, -0.05) is 0 Å². The molecule has 0 aliphatic carbocycles. The van der Waals surface area contributed by atoms with Gasteiger partial charge in [0.1, 0.15) is 0 Å². The summed E-state index contributed by atoms with van der Waals surface area (Å²) < 4.78 is 24.5. The van der Waals surface area contributed by atoms with E-state index < -0.39 is 10.0 Å². The maximum atomic E-state index is 11.5. The molecule has 0 bridgehead atoms. The first-order valence-electron chi connectivity index (χ1n) is 6.94. The summed E-state index contributed by atoms with van der Waals surface area (Å²) in [5.74, 6) is 0. The van der Waals surface area contributed by atoms with Crippen molar-refractivity contribution in [2.75, 3.05) is 39.0 Å². The van der Waals surface area contributed by atoms with Crippen LogP contribution in [0.5, 0.6) is 0 Å². The van der Waals surface area contributed by atoms with Crippen LogP contribution >= 0.6 is 0 Å². The summed E-state index contributed by atoms with van der Waals surface area (Å²) in [7, 11) is -3.04. The van der Waals surface area contributed by atoms with Gasteiger partial charge in [0.05, 0.1) is 24.0 Å². The van der Waals surface area contributed by atoms with E-state index in [9.17, 15) is 8.42 Å². The van der Waals surface area contributed by atoms with E-state index in [1.807, 2.05) is 0 Å². The zero-order valence-electron chi connectivity index (χ0n) is 11.7. The summed E-state index contributed by atoms with van der Waals surface area (Å²) in [6, 6.07) is 0.399. The third-order valence-corrected chi connectivity index (χ3v) is 5.40. The first kappa shape index (κ1) is 14.0. The minimum atomic E-state index is -3.04. The van der Waals surface area contributed by atoms with E-state index in [1.165, 1.54) is 11.9 Å². The third-order valence-electron chi connectivity index (χ3n) is 4.09. The molecule has 112 valence electrons. The summed E-state index contributed by atoms with van der Waals surface area (Å²) in [5, 5.41) is 3.51. The summed E-state index contributed by atoms with van der Waals surface area (Å²) >= 11 is 0. The van der Waals surface area contributed by atoms with Crippen LogP contribution < -0.4 is 5.32 Å². The van der Waals surface area contributed by atoms with E-state index >= 15 is 0 Å². The molecule has 1 aromatic heterocycles. The molecule has 0 amide bonds. The Hall–Kier alpha value is -0.960. The highest BCUT2D eigenvalue weighted by Crippen LogP contribution is 2.14. The summed E-state index contributed by atoms with van der Waals surface area (Å²) in [4.78, 5) is 9.82. The fraction of sp³-hybridized carbons (Fsp3) is 0.750. The van der Waals surface area contributed by atoms with Gasteiger partial charge in [-0.25, -0.2) is 13.4 Å². The molecular weight excluding hydrogens is 278 g/mol. The molecule has 2 aliphatic rings. The Bertz CT molecular complexity index is 562. The smallest absolute Gasteiger partial charge is 0.211 e. The van der Waals surface area contributed by atoms with Crippen LogP contribution in [0.25, 0.3) is 0 Å². The molecule has 20 heavy (non-hydrogen) atoms. The summed E-state index contributed by atoms with van der Waals surface area (Å²) in [6.45, 7) is 4.59.